The number of likely N-dealkylation sites (tertiary alicyclic amines) is 1. The van der Waals surface area contributed by atoms with Crippen LogP contribution in [0.5, 0.6) is 0 Å². The van der Waals surface area contributed by atoms with E-state index in [0.29, 0.717) is 0 Å². The summed E-state index contributed by atoms with van der Waals surface area (Å²) >= 11 is 0. The highest BCUT2D eigenvalue weighted by Crippen LogP contribution is 2.35. The Morgan fingerprint density at radius 3 is 2.54 bits per heavy atom. The standard InChI is InChI=1S/C18H14F5N3O2/c1-26-8-10(9-5-6-13(24-7-9)18(21,22)23)14(17(26)28)16(27)25-12-4-2-3-11(19)15(12)20/h2-7,10,14H,8H2,1H3,(H,25,27). The Balaban J connectivity index is 1.88. The molecule has 2 aromatic rings. The zero-order valence-corrected chi connectivity index (χ0v) is 14.4. The normalized spacial score (nSPS) is 19.8. The molecule has 10 heteroatoms. The zero-order chi connectivity index (χ0) is 20.6. The fourth-order valence-corrected chi connectivity index (χ4v) is 3.10. The van der Waals surface area contributed by atoms with Crippen molar-refractivity contribution in [1.29, 1.82) is 0 Å². The van der Waals surface area contributed by atoms with Crippen molar-refractivity contribution in [3.63, 3.8) is 0 Å². The Hall–Kier alpha value is -3.04. The summed E-state index contributed by atoms with van der Waals surface area (Å²) in [5.41, 5.74) is -1.28. The van der Waals surface area contributed by atoms with Crippen LogP contribution in [0.2, 0.25) is 0 Å². The molecule has 1 fully saturated rings. The molecule has 1 aliphatic rings. The molecule has 0 saturated carbocycles. The first kappa shape index (κ1) is 19.7. The molecule has 148 valence electrons. The van der Waals surface area contributed by atoms with Crippen LogP contribution in [0.3, 0.4) is 0 Å². The van der Waals surface area contributed by atoms with Gasteiger partial charge in [-0.1, -0.05) is 12.1 Å². The smallest absolute Gasteiger partial charge is 0.344 e. The average molecular weight is 399 g/mol. The fraction of sp³-hybridized carbons (Fsp3) is 0.278. The lowest BCUT2D eigenvalue weighted by molar-refractivity contribution is -0.141. The van der Waals surface area contributed by atoms with Crippen molar-refractivity contribution in [1.82, 2.24) is 9.88 Å². The van der Waals surface area contributed by atoms with E-state index in [2.05, 4.69) is 10.3 Å². The number of aromatic nitrogens is 1. The minimum atomic E-state index is -4.62. The van der Waals surface area contributed by atoms with Crippen molar-refractivity contribution in [2.45, 2.75) is 12.1 Å². The van der Waals surface area contributed by atoms with Crippen LogP contribution >= 0.6 is 0 Å². The van der Waals surface area contributed by atoms with E-state index < -0.39 is 52.8 Å². The molecule has 1 aromatic heterocycles. The number of nitrogens with zero attached hydrogens (tertiary/aromatic N) is 2. The van der Waals surface area contributed by atoms with Crippen molar-refractivity contribution >= 4 is 17.5 Å². The van der Waals surface area contributed by atoms with Gasteiger partial charge in [0.15, 0.2) is 11.6 Å². The minimum Gasteiger partial charge on any atom is -0.344 e. The number of halogens is 5. The molecule has 0 aliphatic carbocycles. The van der Waals surface area contributed by atoms with Gasteiger partial charge in [-0.3, -0.25) is 14.6 Å². The van der Waals surface area contributed by atoms with Crippen molar-refractivity contribution in [3.8, 4) is 0 Å². The van der Waals surface area contributed by atoms with E-state index in [1.54, 1.807) is 0 Å². The van der Waals surface area contributed by atoms with E-state index in [9.17, 15) is 31.5 Å². The fourth-order valence-electron chi connectivity index (χ4n) is 3.10. The number of amides is 2. The van der Waals surface area contributed by atoms with E-state index in [-0.39, 0.29) is 12.1 Å². The number of anilines is 1. The lowest BCUT2D eigenvalue weighted by atomic mass is 9.88. The molecule has 1 N–H and O–H groups in total. The number of likely N-dealkylation sites (N-methyl/N-ethyl adjacent to an activating group) is 1. The lowest BCUT2D eigenvalue weighted by Gasteiger charge is -2.17. The largest absolute Gasteiger partial charge is 0.433 e. The molecule has 2 amide bonds. The van der Waals surface area contributed by atoms with Gasteiger partial charge < -0.3 is 10.2 Å². The van der Waals surface area contributed by atoms with Gasteiger partial charge in [0.2, 0.25) is 11.8 Å². The summed E-state index contributed by atoms with van der Waals surface area (Å²) in [4.78, 5) is 29.6. The van der Waals surface area contributed by atoms with Crippen molar-refractivity contribution in [2.75, 3.05) is 18.9 Å². The number of hydrogen-bond acceptors (Lipinski definition) is 3. The van der Waals surface area contributed by atoms with Crippen LogP contribution in [0.4, 0.5) is 27.6 Å². The molecule has 28 heavy (non-hydrogen) atoms. The molecule has 0 bridgehead atoms. The number of rotatable bonds is 3. The highest BCUT2D eigenvalue weighted by molar-refractivity contribution is 6.08. The first-order chi connectivity index (χ1) is 13.1. The third-order valence-electron chi connectivity index (χ3n) is 4.51. The summed E-state index contributed by atoms with van der Waals surface area (Å²) in [5.74, 6) is -6.02. The maximum atomic E-state index is 13.8. The number of benzene rings is 1. The zero-order valence-electron chi connectivity index (χ0n) is 14.4. The van der Waals surface area contributed by atoms with E-state index in [0.717, 1.165) is 30.5 Å². The summed E-state index contributed by atoms with van der Waals surface area (Å²) in [7, 11) is 1.43. The molecule has 3 rings (SSSR count). The third-order valence-corrected chi connectivity index (χ3v) is 4.51. The molecular weight excluding hydrogens is 385 g/mol. The van der Waals surface area contributed by atoms with E-state index in [4.69, 9.17) is 0 Å². The van der Waals surface area contributed by atoms with E-state index >= 15 is 0 Å². The summed E-state index contributed by atoms with van der Waals surface area (Å²) in [6.07, 6.45) is -3.66. The molecule has 1 aliphatic heterocycles. The van der Waals surface area contributed by atoms with E-state index in [1.807, 2.05) is 0 Å². The van der Waals surface area contributed by atoms with Gasteiger partial charge in [-0.2, -0.15) is 13.2 Å². The second-order valence-corrected chi connectivity index (χ2v) is 6.37. The number of carbonyl (C=O) groups excluding carboxylic acids is 2. The van der Waals surface area contributed by atoms with Gasteiger partial charge in [0.1, 0.15) is 11.6 Å². The molecular formula is C18H14F5N3O2. The number of nitrogens with one attached hydrogen (secondary N) is 1. The summed E-state index contributed by atoms with van der Waals surface area (Å²) in [6.45, 7) is 0.0651. The van der Waals surface area contributed by atoms with Gasteiger partial charge in [0.05, 0.1) is 5.69 Å². The summed E-state index contributed by atoms with van der Waals surface area (Å²) < 4.78 is 65.2. The number of alkyl halides is 3. The summed E-state index contributed by atoms with van der Waals surface area (Å²) in [6, 6.07) is 5.10. The van der Waals surface area contributed by atoms with Gasteiger partial charge in [0, 0.05) is 25.7 Å². The average Bonchev–Trinajstić information content (AvgIpc) is 2.93. The highest BCUT2D eigenvalue weighted by atomic mass is 19.4. The first-order valence-corrected chi connectivity index (χ1v) is 8.12. The van der Waals surface area contributed by atoms with Gasteiger partial charge in [-0.25, -0.2) is 8.78 Å². The maximum absolute atomic E-state index is 13.8. The highest BCUT2D eigenvalue weighted by Gasteiger charge is 2.45. The monoisotopic (exact) mass is 399 g/mol. The van der Waals surface area contributed by atoms with Gasteiger partial charge in [0.25, 0.3) is 0 Å². The Kier molecular flexibility index (Phi) is 5.05. The predicted octanol–water partition coefficient (Wildman–Crippen LogP) is 3.19. The van der Waals surface area contributed by atoms with Crippen LogP contribution in [-0.2, 0) is 15.8 Å². The molecule has 2 heterocycles. The molecule has 2 atom stereocenters. The van der Waals surface area contributed by atoms with Crippen LogP contribution in [0.1, 0.15) is 17.2 Å². The molecule has 1 aromatic carbocycles. The topological polar surface area (TPSA) is 62.3 Å². The Morgan fingerprint density at radius 1 is 1.21 bits per heavy atom. The Labute approximate surface area is 156 Å². The molecule has 2 unspecified atom stereocenters. The maximum Gasteiger partial charge on any atom is 0.433 e. The number of carbonyl (C=O) groups is 2. The van der Waals surface area contributed by atoms with Crippen molar-refractivity contribution < 1.29 is 31.5 Å². The molecule has 0 radical (unpaired) electrons. The van der Waals surface area contributed by atoms with Crippen LogP contribution in [0.15, 0.2) is 36.5 Å². The third kappa shape index (κ3) is 3.67. The second kappa shape index (κ2) is 7.17. The van der Waals surface area contributed by atoms with Gasteiger partial charge in [-0.15, -0.1) is 0 Å². The Bertz CT molecular complexity index is 914. The minimum absolute atomic E-state index is 0.0651. The van der Waals surface area contributed by atoms with Crippen LogP contribution in [-0.4, -0.2) is 35.3 Å². The second-order valence-electron chi connectivity index (χ2n) is 6.37. The van der Waals surface area contributed by atoms with Crippen LogP contribution in [0.25, 0.3) is 0 Å². The van der Waals surface area contributed by atoms with Crippen LogP contribution in [0, 0.1) is 17.6 Å². The molecule has 0 spiro atoms. The first-order valence-electron chi connectivity index (χ1n) is 8.12. The van der Waals surface area contributed by atoms with Crippen molar-refractivity contribution in [3.05, 3.63) is 59.4 Å². The van der Waals surface area contributed by atoms with Crippen molar-refractivity contribution in [2.24, 2.45) is 5.92 Å². The molecule has 5 nitrogen and oxygen atoms in total. The molecule has 1 saturated heterocycles. The summed E-state index contributed by atoms with van der Waals surface area (Å²) in [5, 5.41) is 2.18. The van der Waals surface area contributed by atoms with Crippen LogP contribution < -0.4 is 5.32 Å². The van der Waals surface area contributed by atoms with Gasteiger partial charge >= 0.3 is 6.18 Å². The quantitative estimate of drug-likeness (QED) is 0.637. The lowest BCUT2D eigenvalue weighted by Crippen LogP contribution is -2.33. The van der Waals surface area contributed by atoms with Gasteiger partial charge in [-0.05, 0) is 23.8 Å². The number of pyridine rings is 1. The van der Waals surface area contributed by atoms with E-state index in [1.165, 1.54) is 18.0 Å². The number of hydrogen-bond donors (Lipinski definition) is 1. The Morgan fingerprint density at radius 2 is 1.93 bits per heavy atom. The SMILES string of the molecule is CN1CC(c2ccc(C(F)(F)F)nc2)C(C(=O)Nc2cccc(F)c2F)C1=O. The predicted molar refractivity (Wildman–Crippen MR) is 88.1 cm³/mol.